The number of anilines is 1. The number of urea groups is 1. The zero-order chi connectivity index (χ0) is 15.4. The van der Waals surface area contributed by atoms with E-state index in [0.717, 1.165) is 16.5 Å². The lowest BCUT2D eigenvalue weighted by molar-refractivity contribution is 0.224. The van der Waals surface area contributed by atoms with E-state index in [-0.39, 0.29) is 12.6 Å². The summed E-state index contributed by atoms with van der Waals surface area (Å²) in [5.41, 5.74) is 3.61. The maximum Gasteiger partial charge on any atom is 0.321 e. The smallest absolute Gasteiger partial charge is 0.321 e. The number of benzene rings is 1. The van der Waals surface area contributed by atoms with Crippen molar-refractivity contribution in [2.75, 3.05) is 11.9 Å². The van der Waals surface area contributed by atoms with Gasteiger partial charge in [-0.1, -0.05) is 29.5 Å². The molecule has 2 aromatic heterocycles. The van der Waals surface area contributed by atoms with Gasteiger partial charge in [0.2, 0.25) is 5.13 Å². The van der Waals surface area contributed by atoms with Crippen molar-refractivity contribution < 1.29 is 9.90 Å². The van der Waals surface area contributed by atoms with E-state index in [0.29, 0.717) is 11.6 Å². The maximum atomic E-state index is 11.9. The van der Waals surface area contributed by atoms with E-state index >= 15 is 0 Å². The molecule has 0 fully saturated rings. The maximum absolute atomic E-state index is 11.9. The van der Waals surface area contributed by atoms with Gasteiger partial charge in [-0.2, -0.15) is 0 Å². The Hall–Kier alpha value is -2.45. The van der Waals surface area contributed by atoms with Crippen LogP contribution < -0.4 is 10.6 Å². The number of H-pyrrole nitrogens is 1. The van der Waals surface area contributed by atoms with Crippen molar-refractivity contribution in [1.29, 1.82) is 0 Å². The highest BCUT2D eigenvalue weighted by molar-refractivity contribution is 7.13. The van der Waals surface area contributed by atoms with Crippen molar-refractivity contribution in [2.45, 2.75) is 12.5 Å². The van der Waals surface area contributed by atoms with Crippen molar-refractivity contribution in [3.8, 4) is 0 Å². The van der Waals surface area contributed by atoms with Gasteiger partial charge in [-0.3, -0.25) is 5.32 Å². The number of rotatable bonds is 5. The summed E-state index contributed by atoms with van der Waals surface area (Å²) in [4.78, 5) is 15.1. The van der Waals surface area contributed by atoms with E-state index in [9.17, 15) is 9.90 Å². The predicted molar refractivity (Wildman–Crippen MR) is 84.9 cm³/mol. The summed E-state index contributed by atoms with van der Waals surface area (Å²) in [6, 6.07) is 7.13. The van der Waals surface area contributed by atoms with Gasteiger partial charge in [0, 0.05) is 17.1 Å². The molecule has 0 radical (unpaired) electrons. The van der Waals surface area contributed by atoms with Gasteiger partial charge in [-0.25, -0.2) is 4.79 Å². The largest absolute Gasteiger partial charge is 0.394 e. The van der Waals surface area contributed by atoms with Gasteiger partial charge in [-0.15, -0.1) is 10.2 Å². The monoisotopic (exact) mass is 317 g/mol. The quantitative estimate of drug-likeness (QED) is 0.575. The molecule has 114 valence electrons. The van der Waals surface area contributed by atoms with E-state index in [1.165, 1.54) is 16.8 Å². The first-order valence-corrected chi connectivity index (χ1v) is 7.64. The van der Waals surface area contributed by atoms with Crippen molar-refractivity contribution in [3.05, 3.63) is 41.5 Å². The second-order valence-corrected chi connectivity index (χ2v) is 5.62. The molecule has 7 nitrogen and oxygen atoms in total. The third-order valence-corrected chi connectivity index (χ3v) is 3.88. The first-order valence-electron chi connectivity index (χ1n) is 6.76. The summed E-state index contributed by atoms with van der Waals surface area (Å²) >= 11 is 1.23. The number of aromatic amines is 1. The molecular formula is C14H15N5O2S. The van der Waals surface area contributed by atoms with E-state index < -0.39 is 6.03 Å². The second kappa shape index (κ2) is 6.54. The highest BCUT2D eigenvalue weighted by atomic mass is 32.1. The molecule has 1 aromatic carbocycles. The summed E-state index contributed by atoms with van der Waals surface area (Å²) in [7, 11) is 0. The summed E-state index contributed by atoms with van der Waals surface area (Å²) in [6.45, 7) is -0.150. The number of fused-ring (bicyclic) bond motifs is 1. The van der Waals surface area contributed by atoms with Gasteiger partial charge < -0.3 is 15.4 Å². The number of nitrogens with one attached hydrogen (secondary N) is 3. The van der Waals surface area contributed by atoms with Crippen LogP contribution in [-0.4, -0.2) is 39.0 Å². The van der Waals surface area contributed by atoms with Gasteiger partial charge in [0.05, 0.1) is 12.6 Å². The summed E-state index contributed by atoms with van der Waals surface area (Å²) in [6.07, 6.45) is 2.43. The molecule has 0 aliphatic carbocycles. The van der Waals surface area contributed by atoms with Crippen molar-refractivity contribution in [2.24, 2.45) is 0 Å². The van der Waals surface area contributed by atoms with E-state index in [1.54, 1.807) is 0 Å². The normalized spacial score (nSPS) is 12.2. The van der Waals surface area contributed by atoms with E-state index in [4.69, 9.17) is 0 Å². The fraction of sp³-hybridized carbons (Fsp3) is 0.214. The van der Waals surface area contributed by atoms with E-state index in [2.05, 4.69) is 25.8 Å². The molecule has 2 heterocycles. The number of aliphatic hydroxyl groups excluding tert-OH is 1. The molecule has 3 aromatic rings. The van der Waals surface area contributed by atoms with Gasteiger partial charge in [-0.05, 0) is 18.1 Å². The zero-order valence-corrected chi connectivity index (χ0v) is 12.4. The van der Waals surface area contributed by atoms with E-state index in [1.807, 2.05) is 30.5 Å². The molecular weight excluding hydrogens is 302 g/mol. The number of hydrogen-bond acceptors (Lipinski definition) is 5. The molecule has 0 saturated carbocycles. The van der Waals surface area contributed by atoms with Crippen molar-refractivity contribution >= 4 is 33.4 Å². The summed E-state index contributed by atoms with van der Waals surface area (Å²) in [5, 5.41) is 23.7. The molecule has 2 amide bonds. The fourth-order valence-electron chi connectivity index (χ4n) is 2.27. The number of nitrogens with zero attached hydrogens (tertiary/aromatic N) is 2. The van der Waals surface area contributed by atoms with Crippen LogP contribution in [0.1, 0.15) is 5.56 Å². The van der Waals surface area contributed by atoms with Crippen LogP contribution in [0, 0.1) is 0 Å². The number of aliphatic hydroxyl groups is 1. The fourth-order valence-corrected chi connectivity index (χ4v) is 2.71. The van der Waals surface area contributed by atoms with Crippen LogP contribution in [0.3, 0.4) is 0 Å². The third-order valence-electron chi connectivity index (χ3n) is 3.28. The SMILES string of the molecule is O=C(Nc1nncs1)N[C@H](CO)Cc1c[nH]c2ccccc12. The van der Waals surface area contributed by atoms with Crippen LogP contribution >= 0.6 is 11.3 Å². The number of para-hydroxylation sites is 1. The lowest BCUT2D eigenvalue weighted by atomic mass is 10.1. The average molecular weight is 317 g/mol. The summed E-state index contributed by atoms with van der Waals surface area (Å²) in [5.74, 6) is 0. The van der Waals surface area contributed by atoms with Crippen LogP contribution in [-0.2, 0) is 6.42 Å². The topological polar surface area (TPSA) is 103 Å². The molecule has 4 N–H and O–H groups in total. The standard InChI is InChI=1S/C14H15N5O2S/c20-7-10(17-13(21)18-14-19-16-8-22-14)5-9-6-15-12-4-2-1-3-11(9)12/h1-4,6,8,10,15,20H,5,7H2,(H2,17,18,19,21)/t10-/m0/s1. The Morgan fingerprint density at radius 3 is 3.05 bits per heavy atom. The molecule has 0 aliphatic rings. The lowest BCUT2D eigenvalue weighted by Gasteiger charge is -2.15. The van der Waals surface area contributed by atoms with Crippen LogP contribution in [0.5, 0.6) is 0 Å². The molecule has 0 aliphatic heterocycles. The Labute approximate surface area is 130 Å². The molecule has 8 heteroatoms. The molecule has 3 rings (SSSR count). The molecule has 22 heavy (non-hydrogen) atoms. The average Bonchev–Trinajstić information content (AvgIpc) is 3.17. The zero-order valence-electron chi connectivity index (χ0n) is 11.6. The van der Waals surface area contributed by atoms with Crippen molar-refractivity contribution in [1.82, 2.24) is 20.5 Å². The van der Waals surface area contributed by atoms with Crippen molar-refractivity contribution in [3.63, 3.8) is 0 Å². The van der Waals surface area contributed by atoms with Gasteiger partial charge >= 0.3 is 6.03 Å². The van der Waals surface area contributed by atoms with Crippen LogP contribution in [0.25, 0.3) is 10.9 Å². The Kier molecular flexibility index (Phi) is 4.31. The number of amides is 2. The van der Waals surface area contributed by atoms with Gasteiger partial charge in [0.1, 0.15) is 5.51 Å². The molecule has 0 bridgehead atoms. The Bertz CT molecular complexity index is 756. The third kappa shape index (κ3) is 3.23. The Balaban J connectivity index is 1.65. The molecule has 0 spiro atoms. The Morgan fingerprint density at radius 1 is 1.41 bits per heavy atom. The Morgan fingerprint density at radius 2 is 2.27 bits per heavy atom. The first kappa shape index (κ1) is 14.5. The lowest BCUT2D eigenvalue weighted by Crippen LogP contribution is -2.41. The summed E-state index contributed by atoms with van der Waals surface area (Å²) < 4.78 is 0. The molecule has 0 saturated heterocycles. The predicted octanol–water partition coefficient (Wildman–Crippen LogP) is 1.74. The number of carbonyl (C=O) groups is 1. The van der Waals surface area contributed by atoms with Crippen LogP contribution in [0.4, 0.5) is 9.93 Å². The minimum absolute atomic E-state index is 0.150. The number of carbonyl (C=O) groups excluding carboxylic acids is 1. The van der Waals surface area contributed by atoms with Gasteiger partial charge in [0.25, 0.3) is 0 Å². The van der Waals surface area contributed by atoms with Gasteiger partial charge in [0.15, 0.2) is 0 Å². The highest BCUT2D eigenvalue weighted by Crippen LogP contribution is 2.19. The highest BCUT2D eigenvalue weighted by Gasteiger charge is 2.15. The second-order valence-electron chi connectivity index (χ2n) is 4.79. The number of hydrogen-bond donors (Lipinski definition) is 4. The van der Waals surface area contributed by atoms with Crippen LogP contribution in [0.15, 0.2) is 36.0 Å². The molecule has 1 atom stereocenters. The van der Waals surface area contributed by atoms with Crippen LogP contribution in [0.2, 0.25) is 0 Å². The minimum Gasteiger partial charge on any atom is -0.394 e. The number of aromatic nitrogens is 3. The first-order chi connectivity index (χ1) is 10.8. The minimum atomic E-state index is -0.407. The molecule has 0 unspecified atom stereocenters.